The number of nitrogens with zero attached hydrogens (tertiary/aromatic N) is 6. The van der Waals surface area contributed by atoms with Crippen molar-refractivity contribution < 1.29 is 0 Å². The van der Waals surface area contributed by atoms with Crippen LogP contribution < -0.4 is 10.6 Å². The maximum absolute atomic E-state index is 8.61. The molecule has 2 rings (SSSR count). The van der Waals surface area contributed by atoms with E-state index in [1.165, 1.54) is 24.8 Å². The molecule has 0 aliphatic carbocycles. The van der Waals surface area contributed by atoms with E-state index in [0.717, 1.165) is 6.42 Å². The van der Waals surface area contributed by atoms with E-state index in [4.69, 9.17) is 10.5 Å². The lowest BCUT2D eigenvalue weighted by molar-refractivity contribution is 0.894. The second-order valence-corrected chi connectivity index (χ2v) is 4.00. The Morgan fingerprint density at radius 1 is 0.762 bits per heavy atom. The van der Waals surface area contributed by atoms with Crippen LogP contribution in [0.5, 0.6) is 0 Å². The lowest BCUT2D eigenvalue weighted by Gasteiger charge is -2.06. The van der Waals surface area contributed by atoms with Gasteiger partial charge in [-0.3, -0.25) is 0 Å². The number of anilines is 2. The van der Waals surface area contributed by atoms with Gasteiger partial charge in [0.15, 0.2) is 11.4 Å². The molecule has 8 heteroatoms. The molecule has 21 heavy (non-hydrogen) atoms. The fourth-order valence-corrected chi connectivity index (χ4v) is 1.48. The summed E-state index contributed by atoms with van der Waals surface area (Å²) in [5, 5.41) is 23.4. The molecule has 0 radical (unpaired) electrons. The van der Waals surface area contributed by atoms with Crippen molar-refractivity contribution in [2.45, 2.75) is 6.42 Å². The normalized spacial score (nSPS) is 9.43. The van der Waals surface area contributed by atoms with Crippen LogP contribution in [0.1, 0.15) is 17.8 Å². The van der Waals surface area contributed by atoms with Gasteiger partial charge < -0.3 is 10.6 Å². The third kappa shape index (κ3) is 4.40. The van der Waals surface area contributed by atoms with Gasteiger partial charge in [0.1, 0.15) is 23.8 Å². The SMILES string of the molecule is N#Cc1cnc(NCCCNc2cnc(C#N)cn2)cn1. The zero-order chi connectivity index (χ0) is 14.9. The Bertz CT molecular complexity index is 591. The number of nitrogens with one attached hydrogen (secondary N) is 2. The second-order valence-electron chi connectivity index (χ2n) is 4.00. The number of hydrogen-bond acceptors (Lipinski definition) is 8. The van der Waals surface area contributed by atoms with Crippen LogP contribution in [-0.2, 0) is 0 Å². The Balaban J connectivity index is 1.67. The Labute approximate surface area is 121 Å². The standard InChI is InChI=1S/C13H12N8/c14-4-10-6-20-12(8-18-10)16-2-1-3-17-13-9-19-11(5-15)7-21-13/h6-9H,1-3H2,(H,16,20)(H,17,21). The number of rotatable bonds is 6. The minimum absolute atomic E-state index is 0.293. The molecule has 0 spiro atoms. The molecule has 0 amide bonds. The largest absolute Gasteiger partial charge is 0.369 e. The second kappa shape index (κ2) is 7.36. The molecule has 2 heterocycles. The lowest BCUT2D eigenvalue weighted by atomic mass is 10.4. The first-order valence-electron chi connectivity index (χ1n) is 6.24. The molecule has 0 saturated heterocycles. The van der Waals surface area contributed by atoms with Gasteiger partial charge in [-0.25, -0.2) is 19.9 Å². The van der Waals surface area contributed by atoms with E-state index < -0.39 is 0 Å². The molecule has 2 aromatic rings. The molecule has 0 aromatic carbocycles. The first-order chi connectivity index (χ1) is 10.3. The van der Waals surface area contributed by atoms with Crippen molar-refractivity contribution in [3.8, 4) is 12.1 Å². The summed E-state index contributed by atoms with van der Waals surface area (Å²) in [6.07, 6.45) is 6.74. The first-order valence-corrected chi connectivity index (χ1v) is 6.24. The third-order valence-electron chi connectivity index (χ3n) is 2.50. The van der Waals surface area contributed by atoms with Gasteiger partial charge in [-0.2, -0.15) is 10.5 Å². The van der Waals surface area contributed by atoms with Gasteiger partial charge >= 0.3 is 0 Å². The molecule has 104 valence electrons. The van der Waals surface area contributed by atoms with Crippen LogP contribution in [0.2, 0.25) is 0 Å². The maximum Gasteiger partial charge on any atom is 0.158 e. The number of aromatic nitrogens is 4. The number of hydrogen-bond donors (Lipinski definition) is 2. The van der Waals surface area contributed by atoms with Gasteiger partial charge in [-0.1, -0.05) is 0 Å². The Morgan fingerprint density at radius 2 is 1.24 bits per heavy atom. The highest BCUT2D eigenvalue weighted by Gasteiger charge is 1.97. The molecule has 0 bridgehead atoms. The van der Waals surface area contributed by atoms with E-state index in [9.17, 15) is 0 Å². The first kappa shape index (κ1) is 14.2. The summed E-state index contributed by atoms with van der Waals surface area (Å²) in [6.45, 7) is 1.41. The van der Waals surface area contributed by atoms with Crippen LogP contribution in [0.15, 0.2) is 24.8 Å². The number of nitriles is 2. The van der Waals surface area contributed by atoms with Crippen LogP contribution in [0, 0.1) is 22.7 Å². The molecule has 2 aromatic heterocycles. The quantitative estimate of drug-likeness (QED) is 0.749. The monoisotopic (exact) mass is 280 g/mol. The van der Waals surface area contributed by atoms with Crippen molar-refractivity contribution in [2.75, 3.05) is 23.7 Å². The van der Waals surface area contributed by atoms with Crippen molar-refractivity contribution >= 4 is 11.6 Å². The highest BCUT2D eigenvalue weighted by Crippen LogP contribution is 2.02. The Hall–Kier alpha value is -3.26. The zero-order valence-corrected chi connectivity index (χ0v) is 11.1. The highest BCUT2D eigenvalue weighted by molar-refractivity contribution is 5.34. The van der Waals surface area contributed by atoms with Gasteiger partial charge in [0.25, 0.3) is 0 Å². The molecule has 0 atom stereocenters. The smallest absolute Gasteiger partial charge is 0.158 e. The maximum atomic E-state index is 8.61. The molecule has 0 saturated carbocycles. The van der Waals surface area contributed by atoms with Gasteiger partial charge in [0, 0.05) is 13.1 Å². The summed E-state index contributed by atoms with van der Waals surface area (Å²) in [7, 11) is 0. The molecule has 0 unspecified atom stereocenters. The zero-order valence-electron chi connectivity index (χ0n) is 11.1. The average Bonchev–Trinajstić information content (AvgIpc) is 2.55. The van der Waals surface area contributed by atoms with Crippen LogP contribution in [0.25, 0.3) is 0 Å². The summed E-state index contributed by atoms with van der Waals surface area (Å²) in [5.41, 5.74) is 0.586. The van der Waals surface area contributed by atoms with Crippen molar-refractivity contribution in [3.63, 3.8) is 0 Å². The van der Waals surface area contributed by atoms with Gasteiger partial charge in [-0.15, -0.1) is 0 Å². The van der Waals surface area contributed by atoms with Crippen molar-refractivity contribution in [3.05, 3.63) is 36.2 Å². The van der Waals surface area contributed by atoms with E-state index >= 15 is 0 Å². The van der Waals surface area contributed by atoms with E-state index in [0.29, 0.717) is 36.1 Å². The fourth-order valence-electron chi connectivity index (χ4n) is 1.48. The predicted octanol–water partition coefficient (Wildman–Crippen LogP) is 0.924. The van der Waals surface area contributed by atoms with Crippen molar-refractivity contribution in [2.24, 2.45) is 0 Å². The minimum Gasteiger partial charge on any atom is -0.369 e. The van der Waals surface area contributed by atoms with Crippen LogP contribution >= 0.6 is 0 Å². The minimum atomic E-state index is 0.293. The summed E-state index contributed by atoms with van der Waals surface area (Å²) < 4.78 is 0. The Kier molecular flexibility index (Phi) is 4.96. The topological polar surface area (TPSA) is 123 Å². The molecule has 8 nitrogen and oxygen atoms in total. The van der Waals surface area contributed by atoms with Gasteiger partial charge in [0.2, 0.25) is 0 Å². The summed E-state index contributed by atoms with van der Waals surface area (Å²) in [6, 6.07) is 3.83. The molecule has 2 N–H and O–H groups in total. The van der Waals surface area contributed by atoms with E-state index in [-0.39, 0.29) is 0 Å². The molecule has 0 aliphatic rings. The molecule has 0 fully saturated rings. The van der Waals surface area contributed by atoms with Crippen LogP contribution in [0.4, 0.5) is 11.6 Å². The van der Waals surface area contributed by atoms with Gasteiger partial charge in [-0.05, 0) is 6.42 Å². The van der Waals surface area contributed by atoms with E-state index in [1.807, 2.05) is 12.1 Å². The molecular weight excluding hydrogens is 268 g/mol. The summed E-state index contributed by atoms with van der Waals surface area (Å²) in [5.74, 6) is 1.26. The predicted molar refractivity (Wildman–Crippen MR) is 75.1 cm³/mol. The molecular formula is C13H12N8. The van der Waals surface area contributed by atoms with Crippen LogP contribution in [-0.4, -0.2) is 33.0 Å². The van der Waals surface area contributed by atoms with Crippen molar-refractivity contribution in [1.82, 2.24) is 19.9 Å². The fraction of sp³-hybridized carbons (Fsp3) is 0.231. The third-order valence-corrected chi connectivity index (χ3v) is 2.50. The van der Waals surface area contributed by atoms with E-state index in [2.05, 4.69) is 30.6 Å². The average molecular weight is 280 g/mol. The molecule has 0 aliphatic heterocycles. The summed E-state index contributed by atoms with van der Waals surface area (Å²) >= 11 is 0. The summed E-state index contributed by atoms with van der Waals surface area (Å²) in [4.78, 5) is 15.9. The Morgan fingerprint density at radius 3 is 1.57 bits per heavy atom. The van der Waals surface area contributed by atoms with Crippen LogP contribution in [0.3, 0.4) is 0 Å². The van der Waals surface area contributed by atoms with Crippen molar-refractivity contribution in [1.29, 1.82) is 10.5 Å². The van der Waals surface area contributed by atoms with E-state index in [1.54, 1.807) is 0 Å². The highest BCUT2D eigenvalue weighted by atomic mass is 15.0. The van der Waals surface area contributed by atoms with Gasteiger partial charge in [0.05, 0.1) is 24.8 Å². The lowest BCUT2D eigenvalue weighted by Crippen LogP contribution is -2.11.